The van der Waals surface area contributed by atoms with E-state index in [1.807, 2.05) is 31.2 Å². The Bertz CT molecular complexity index is 490. The predicted molar refractivity (Wildman–Crippen MR) is 61.7 cm³/mol. The Labute approximate surface area is 99.4 Å². The number of benzene rings is 1. The van der Waals surface area contributed by atoms with E-state index < -0.39 is 0 Å². The van der Waals surface area contributed by atoms with Crippen molar-refractivity contribution in [3.63, 3.8) is 0 Å². The molecule has 2 amide bonds. The van der Waals surface area contributed by atoms with Crippen LogP contribution in [0.2, 0.25) is 0 Å². The zero-order valence-electron chi connectivity index (χ0n) is 9.59. The molecule has 1 heterocycles. The molecule has 0 spiro atoms. The minimum Gasteiger partial charge on any atom is -0.326 e. The van der Waals surface area contributed by atoms with Crippen molar-refractivity contribution in [2.24, 2.45) is 17.6 Å². The summed E-state index contributed by atoms with van der Waals surface area (Å²) in [5.74, 6) is -0.692. The first-order valence-electron chi connectivity index (χ1n) is 5.76. The van der Waals surface area contributed by atoms with Gasteiger partial charge in [-0.15, -0.1) is 0 Å². The summed E-state index contributed by atoms with van der Waals surface area (Å²) in [6.07, 6.45) is 0. The van der Waals surface area contributed by atoms with Crippen molar-refractivity contribution in [1.82, 2.24) is 4.90 Å². The van der Waals surface area contributed by atoms with E-state index in [2.05, 4.69) is 0 Å². The second-order valence-corrected chi connectivity index (χ2v) is 4.88. The number of hydrogen-bond donors (Lipinski definition) is 1. The van der Waals surface area contributed by atoms with Gasteiger partial charge in [0.15, 0.2) is 0 Å². The van der Waals surface area contributed by atoms with Crippen LogP contribution < -0.4 is 5.73 Å². The van der Waals surface area contributed by atoms with E-state index in [0.717, 1.165) is 11.1 Å². The highest BCUT2D eigenvalue weighted by Gasteiger charge is 2.65. The van der Waals surface area contributed by atoms with Crippen molar-refractivity contribution in [3.05, 3.63) is 35.4 Å². The highest BCUT2D eigenvalue weighted by molar-refractivity contribution is 6.10. The van der Waals surface area contributed by atoms with Gasteiger partial charge < -0.3 is 5.73 Å². The number of carbonyl (C=O) groups excluding carboxylic acids is 2. The van der Waals surface area contributed by atoms with Gasteiger partial charge in [0.25, 0.3) is 0 Å². The van der Waals surface area contributed by atoms with E-state index in [-0.39, 0.29) is 29.7 Å². The van der Waals surface area contributed by atoms with Crippen molar-refractivity contribution >= 4 is 11.8 Å². The molecule has 4 nitrogen and oxygen atoms in total. The average Bonchev–Trinajstić information content (AvgIpc) is 2.88. The largest absolute Gasteiger partial charge is 0.326 e. The maximum atomic E-state index is 11.9. The molecule has 0 bridgehead atoms. The number of carbonyl (C=O) groups is 2. The molecular formula is C13H14N2O2. The molecular weight excluding hydrogens is 216 g/mol. The van der Waals surface area contributed by atoms with Crippen LogP contribution in [-0.4, -0.2) is 22.8 Å². The van der Waals surface area contributed by atoms with Gasteiger partial charge in [-0.25, -0.2) is 0 Å². The van der Waals surface area contributed by atoms with E-state index in [9.17, 15) is 9.59 Å². The maximum absolute atomic E-state index is 11.9. The minimum atomic E-state index is -0.243. The van der Waals surface area contributed by atoms with Crippen molar-refractivity contribution in [2.45, 2.75) is 19.5 Å². The van der Waals surface area contributed by atoms with E-state index in [1.54, 1.807) is 0 Å². The molecule has 88 valence electrons. The van der Waals surface area contributed by atoms with Gasteiger partial charge in [-0.1, -0.05) is 29.8 Å². The van der Waals surface area contributed by atoms with Crippen LogP contribution in [0.15, 0.2) is 24.3 Å². The standard InChI is InChI=1S/C13H14N2O2/c1-7-3-2-4-8(5-7)6-15-12(16)9-10(11(9)14)13(15)17/h2-5,9-11H,6,14H2,1H3. The Morgan fingerprint density at radius 3 is 2.47 bits per heavy atom. The summed E-state index contributed by atoms with van der Waals surface area (Å²) in [6, 6.07) is 7.61. The molecule has 1 aromatic rings. The summed E-state index contributed by atoms with van der Waals surface area (Å²) in [4.78, 5) is 25.1. The van der Waals surface area contributed by atoms with Crippen molar-refractivity contribution in [3.8, 4) is 0 Å². The Kier molecular flexibility index (Phi) is 2.10. The number of hydrogen-bond acceptors (Lipinski definition) is 3. The van der Waals surface area contributed by atoms with Crippen LogP contribution in [0.3, 0.4) is 0 Å². The van der Waals surface area contributed by atoms with Crippen LogP contribution in [0.1, 0.15) is 11.1 Å². The van der Waals surface area contributed by atoms with Gasteiger partial charge in [0.2, 0.25) is 11.8 Å². The quantitative estimate of drug-likeness (QED) is 0.750. The van der Waals surface area contributed by atoms with Crippen LogP contribution in [0, 0.1) is 18.8 Å². The number of imide groups is 1. The summed E-state index contributed by atoms with van der Waals surface area (Å²) in [5, 5.41) is 0. The van der Waals surface area contributed by atoms with Crippen molar-refractivity contribution in [2.75, 3.05) is 0 Å². The van der Waals surface area contributed by atoms with E-state index in [0.29, 0.717) is 6.54 Å². The monoisotopic (exact) mass is 230 g/mol. The lowest BCUT2D eigenvalue weighted by molar-refractivity contribution is -0.142. The first-order valence-corrected chi connectivity index (χ1v) is 5.76. The van der Waals surface area contributed by atoms with Crippen LogP contribution in [0.4, 0.5) is 0 Å². The van der Waals surface area contributed by atoms with Gasteiger partial charge >= 0.3 is 0 Å². The molecule has 2 aliphatic rings. The number of fused-ring (bicyclic) bond motifs is 1. The summed E-state index contributed by atoms with van der Waals surface area (Å²) in [7, 11) is 0. The van der Waals surface area contributed by atoms with Gasteiger partial charge in [0, 0.05) is 6.04 Å². The number of nitrogens with zero attached hydrogens (tertiary/aromatic N) is 1. The fourth-order valence-corrected chi connectivity index (χ4v) is 2.59. The minimum absolute atomic E-state index is 0.103. The zero-order valence-corrected chi connectivity index (χ0v) is 9.59. The molecule has 1 saturated carbocycles. The number of amides is 2. The second-order valence-electron chi connectivity index (χ2n) is 4.88. The summed E-state index contributed by atoms with van der Waals surface area (Å²) in [6.45, 7) is 2.36. The van der Waals surface area contributed by atoms with E-state index in [4.69, 9.17) is 5.73 Å². The molecule has 1 aromatic carbocycles. The average molecular weight is 230 g/mol. The lowest BCUT2D eigenvalue weighted by atomic mass is 10.1. The fraction of sp³-hybridized carbons (Fsp3) is 0.385. The third-order valence-electron chi connectivity index (χ3n) is 3.60. The van der Waals surface area contributed by atoms with Crippen LogP contribution in [0.25, 0.3) is 0 Å². The molecule has 3 rings (SSSR count). The molecule has 17 heavy (non-hydrogen) atoms. The molecule has 1 aliphatic heterocycles. The van der Waals surface area contributed by atoms with E-state index >= 15 is 0 Å². The van der Waals surface area contributed by atoms with Crippen molar-refractivity contribution < 1.29 is 9.59 Å². The molecule has 2 fully saturated rings. The Morgan fingerprint density at radius 1 is 1.24 bits per heavy atom. The Balaban J connectivity index is 1.79. The van der Waals surface area contributed by atoms with Crippen LogP contribution >= 0.6 is 0 Å². The summed E-state index contributed by atoms with van der Waals surface area (Å²) < 4.78 is 0. The van der Waals surface area contributed by atoms with Crippen LogP contribution in [-0.2, 0) is 16.1 Å². The Hall–Kier alpha value is -1.68. The van der Waals surface area contributed by atoms with Gasteiger partial charge in [0.05, 0.1) is 18.4 Å². The number of aryl methyl sites for hydroxylation is 1. The molecule has 0 aromatic heterocycles. The van der Waals surface area contributed by atoms with Gasteiger partial charge in [-0.3, -0.25) is 14.5 Å². The Morgan fingerprint density at radius 2 is 1.88 bits per heavy atom. The molecule has 2 atom stereocenters. The molecule has 0 radical (unpaired) electrons. The lowest BCUT2D eigenvalue weighted by Gasteiger charge is -2.17. The lowest BCUT2D eigenvalue weighted by Crippen LogP contribution is -2.36. The fourth-order valence-electron chi connectivity index (χ4n) is 2.59. The number of likely N-dealkylation sites (tertiary alicyclic amines) is 1. The van der Waals surface area contributed by atoms with Gasteiger partial charge in [0.1, 0.15) is 0 Å². The second kappa shape index (κ2) is 3.40. The SMILES string of the molecule is Cc1cccc(CN2C(=O)C3C(N)C3C2=O)c1. The predicted octanol–water partition coefficient (Wildman–Crippen LogP) is 0.437. The topological polar surface area (TPSA) is 63.4 Å². The third-order valence-corrected chi connectivity index (χ3v) is 3.60. The van der Waals surface area contributed by atoms with Gasteiger partial charge in [-0.05, 0) is 12.5 Å². The van der Waals surface area contributed by atoms with Crippen LogP contribution in [0.5, 0.6) is 0 Å². The number of piperidine rings is 1. The molecule has 1 saturated heterocycles. The van der Waals surface area contributed by atoms with Crippen molar-refractivity contribution in [1.29, 1.82) is 0 Å². The normalized spacial score (nSPS) is 30.7. The van der Waals surface area contributed by atoms with E-state index in [1.165, 1.54) is 4.90 Å². The molecule has 2 unspecified atom stereocenters. The van der Waals surface area contributed by atoms with Gasteiger partial charge in [-0.2, -0.15) is 0 Å². The number of rotatable bonds is 2. The third kappa shape index (κ3) is 1.48. The maximum Gasteiger partial charge on any atom is 0.235 e. The first-order chi connectivity index (χ1) is 8.09. The smallest absolute Gasteiger partial charge is 0.235 e. The molecule has 1 aliphatic carbocycles. The summed E-state index contributed by atoms with van der Waals surface area (Å²) in [5.41, 5.74) is 7.78. The highest BCUT2D eigenvalue weighted by atomic mass is 16.2. The zero-order chi connectivity index (χ0) is 12.2. The first kappa shape index (κ1) is 10.5. The summed E-state index contributed by atoms with van der Waals surface area (Å²) >= 11 is 0. The highest BCUT2D eigenvalue weighted by Crippen LogP contribution is 2.46. The molecule has 4 heteroatoms. The number of nitrogens with two attached hydrogens (primary N) is 1. The molecule has 2 N–H and O–H groups in total.